The van der Waals surface area contributed by atoms with Crippen LogP contribution in [0.5, 0.6) is 0 Å². The van der Waals surface area contributed by atoms with Crippen LogP contribution in [0.4, 0.5) is 4.39 Å². The average molecular weight is 303 g/mol. The maximum atomic E-state index is 13.0. The quantitative estimate of drug-likeness (QED) is 0.601. The third-order valence-electron chi connectivity index (χ3n) is 2.67. The van der Waals surface area contributed by atoms with Gasteiger partial charge in [0, 0.05) is 12.1 Å². The fourth-order valence-corrected chi connectivity index (χ4v) is 1.76. The smallest absolute Gasteiger partial charge is 0.269 e. The Morgan fingerprint density at radius 2 is 1.81 bits per heavy atom. The van der Waals surface area contributed by atoms with Crippen molar-refractivity contribution in [3.63, 3.8) is 0 Å². The Bertz CT molecular complexity index is 634. The summed E-state index contributed by atoms with van der Waals surface area (Å²) in [4.78, 5) is 11.7. The molecule has 2 aromatic rings. The second kappa shape index (κ2) is 7.35. The van der Waals surface area contributed by atoms with E-state index in [1.165, 1.54) is 18.2 Å². The molecule has 0 unspecified atom stereocenters. The van der Waals surface area contributed by atoms with Gasteiger partial charge in [0.2, 0.25) is 0 Å². The van der Waals surface area contributed by atoms with Crippen LogP contribution >= 0.6 is 12.2 Å². The third kappa shape index (κ3) is 4.85. The molecule has 0 aromatic heterocycles. The van der Waals surface area contributed by atoms with Crippen molar-refractivity contribution in [2.45, 2.75) is 6.54 Å². The zero-order valence-corrected chi connectivity index (χ0v) is 11.9. The molecule has 1 amide bonds. The summed E-state index contributed by atoms with van der Waals surface area (Å²) in [7, 11) is 0. The molecule has 108 valence electrons. The Morgan fingerprint density at radius 3 is 2.52 bits per heavy atom. The molecule has 0 heterocycles. The van der Waals surface area contributed by atoms with Crippen molar-refractivity contribution in [1.29, 1.82) is 0 Å². The number of amides is 1. The third-order valence-corrected chi connectivity index (χ3v) is 2.92. The Labute approximate surface area is 127 Å². The zero-order valence-electron chi connectivity index (χ0n) is 11.1. The molecule has 21 heavy (non-hydrogen) atoms. The largest absolute Gasteiger partial charge is 0.357 e. The summed E-state index contributed by atoms with van der Waals surface area (Å²) in [6.45, 7) is 0.544. The highest BCUT2D eigenvalue weighted by atomic mass is 32.1. The number of carbonyl (C=O) groups is 1. The summed E-state index contributed by atoms with van der Waals surface area (Å²) in [5, 5.41) is 3.23. The number of hydrogen-bond acceptors (Lipinski definition) is 2. The summed E-state index contributed by atoms with van der Waals surface area (Å²) >= 11 is 5.04. The normalized spacial score (nSPS) is 9.76. The van der Waals surface area contributed by atoms with Crippen LogP contribution < -0.4 is 16.2 Å². The van der Waals surface area contributed by atoms with E-state index in [1.807, 2.05) is 30.3 Å². The first-order valence-electron chi connectivity index (χ1n) is 6.29. The predicted octanol–water partition coefficient (Wildman–Crippen LogP) is 2.13. The van der Waals surface area contributed by atoms with Gasteiger partial charge in [-0.15, -0.1) is 0 Å². The van der Waals surface area contributed by atoms with E-state index >= 15 is 0 Å². The Hall–Kier alpha value is -2.47. The van der Waals surface area contributed by atoms with E-state index in [1.54, 1.807) is 0 Å². The summed E-state index contributed by atoms with van der Waals surface area (Å²) in [5.74, 6) is -0.925. The van der Waals surface area contributed by atoms with Crippen LogP contribution in [0.25, 0.3) is 0 Å². The van der Waals surface area contributed by atoms with Crippen molar-refractivity contribution in [2.75, 3.05) is 0 Å². The molecule has 0 aliphatic heterocycles. The van der Waals surface area contributed by atoms with Crippen LogP contribution in [0.1, 0.15) is 15.9 Å². The van der Waals surface area contributed by atoms with Gasteiger partial charge in [-0.3, -0.25) is 15.6 Å². The highest BCUT2D eigenvalue weighted by Gasteiger charge is 2.06. The van der Waals surface area contributed by atoms with Gasteiger partial charge in [0.25, 0.3) is 5.91 Å². The van der Waals surface area contributed by atoms with E-state index < -0.39 is 11.7 Å². The minimum atomic E-state index is -0.465. The standard InChI is InChI=1S/C15H14FN3OS/c16-13-8-4-7-12(9-13)14(20)18-19-15(21)17-10-11-5-2-1-3-6-11/h1-9H,10H2,(H,18,20)(H2,17,19,21). The lowest BCUT2D eigenvalue weighted by atomic mass is 10.2. The highest BCUT2D eigenvalue weighted by Crippen LogP contribution is 2.02. The molecule has 0 atom stereocenters. The number of benzene rings is 2. The molecule has 0 aliphatic carbocycles. The van der Waals surface area contributed by atoms with E-state index in [0.29, 0.717) is 6.54 Å². The van der Waals surface area contributed by atoms with Crippen LogP contribution in [0.2, 0.25) is 0 Å². The lowest BCUT2D eigenvalue weighted by molar-refractivity contribution is 0.0943. The molecular weight excluding hydrogens is 289 g/mol. The van der Waals surface area contributed by atoms with Gasteiger partial charge in [0.05, 0.1) is 0 Å². The van der Waals surface area contributed by atoms with Gasteiger partial charge < -0.3 is 5.32 Å². The maximum Gasteiger partial charge on any atom is 0.269 e. The second-order valence-corrected chi connectivity index (χ2v) is 4.67. The van der Waals surface area contributed by atoms with Crippen molar-refractivity contribution in [1.82, 2.24) is 16.2 Å². The fraction of sp³-hybridized carbons (Fsp3) is 0.0667. The molecule has 2 rings (SSSR count). The van der Waals surface area contributed by atoms with Crippen LogP contribution in [0.15, 0.2) is 54.6 Å². The van der Waals surface area contributed by atoms with Gasteiger partial charge in [0.1, 0.15) is 5.82 Å². The number of thiocarbonyl (C=S) groups is 1. The molecule has 0 fully saturated rings. The Balaban J connectivity index is 1.77. The van der Waals surface area contributed by atoms with Crippen LogP contribution in [-0.2, 0) is 6.54 Å². The Morgan fingerprint density at radius 1 is 1.05 bits per heavy atom. The van der Waals surface area contributed by atoms with Gasteiger partial charge >= 0.3 is 0 Å². The van der Waals surface area contributed by atoms with Crippen LogP contribution in [0.3, 0.4) is 0 Å². The van der Waals surface area contributed by atoms with E-state index in [0.717, 1.165) is 11.6 Å². The lowest BCUT2D eigenvalue weighted by Crippen LogP contribution is -2.46. The average Bonchev–Trinajstić information content (AvgIpc) is 2.51. The second-order valence-electron chi connectivity index (χ2n) is 4.26. The van der Waals surface area contributed by atoms with E-state index in [9.17, 15) is 9.18 Å². The SMILES string of the molecule is O=C(NNC(=S)NCc1ccccc1)c1cccc(F)c1. The van der Waals surface area contributed by atoms with Gasteiger partial charge in [-0.1, -0.05) is 36.4 Å². The number of hydrazine groups is 1. The molecule has 4 nitrogen and oxygen atoms in total. The van der Waals surface area contributed by atoms with Gasteiger partial charge in [-0.2, -0.15) is 0 Å². The lowest BCUT2D eigenvalue weighted by Gasteiger charge is -2.11. The first kappa shape index (κ1) is 14.9. The summed E-state index contributed by atoms with van der Waals surface area (Å²) in [6.07, 6.45) is 0. The number of carbonyl (C=O) groups excluding carboxylic acids is 1. The molecule has 0 bridgehead atoms. The first-order valence-corrected chi connectivity index (χ1v) is 6.69. The minimum Gasteiger partial charge on any atom is -0.357 e. The molecule has 2 aromatic carbocycles. The summed E-state index contributed by atoms with van der Waals surface area (Å²) in [6, 6.07) is 15.1. The molecule has 0 saturated carbocycles. The number of halogens is 1. The molecule has 0 radical (unpaired) electrons. The maximum absolute atomic E-state index is 13.0. The topological polar surface area (TPSA) is 53.2 Å². The van der Waals surface area contributed by atoms with Crippen LogP contribution in [0, 0.1) is 5.82 Å². The summed E-state index contributed by atoms with van der Waals surface area (Å²) in [5.41, 5.74) is 6.26. The van der Waals surface area contributed by atoms with Crippen molar-refractivity contribution in [3.05, 3.63) is 71.5 Å². The van der Waals surface area contributed by atoms with Gasteiger partial charge in [0.15, 0.2) is 5.11 Å². The van der Waals surface area contributed by atoms with E-state index in [2.05, 4.69) is 16.2 Å². The molecule has 0 aliphatic rings. The number of hydrogen-bond donors (Lipinski definition) is 3. The van der Waals surface area contributed by atoms with Crippen LogP contribution in [-0.4, -0.2) is 11.0 Å². The van der Waals surface area contributed by atoms with Crippen molar-refractivity contribution >= 4 is 23.2 Å². The monoisotopic (exact) mass is 303 g/mol. The number of rotatable bonds is 3. The number of nitrogens with one attached hydrogen (secondary N) is 3. The summed E-state index contributed by atoms with van der Waals surface area (Å²) < 4.78 is 13.0. The van der Waals surface area contributed by atoms with Crippen molar-refractivity contribution in [3.8, 4) is 0 Å². The van der Waals surface area contributed by atoms with E-state index in [-0.39, 0.29) is 10.7 Å². The van der Waals surface area contributed by atoms with Gasteiger partial charge in [-0.05, 0) is 36.0 Å². The zero-order chi connectivity index (χ0) is 15.1. The minimum absolute atomic E-state index is 0.216. The molecule has 0 saturated heterocycles. The van der Waals surface area contributed by atoms with Gasteiger partial charge in [-0.25, -0.2) is 4.39 Å². The first-order chi connectivity index (χ1) is 10.1. The highest BCUT2D eigenvalue weighted by molar-refractivity contribution is 7.80. The van der Waals surface area contributed by atoms with E-state index in [4.69, 9.17) is 12.2 Å². The molecular formula is C15H14FN3OS. The predicted molar refractivity (Wildman–Crippen MR) is 82.9 cm³/mol. The molecule has 3 N–H and O–H groups in total. The van der Waals surface area contributed by atoms with Crippen molar-refractivity contribution < 1.29 is 9.18 Å². The Kier molecular flexibility index (Phi) is 5.22. The van der Waals surface area contributed by atoms with Crippen molar-refractivity contribution in [2.24, 2.45) is 0 Å². The molecule has 0 spiro atoms. The molecule has 6 heteroatoms. The fourth-order valence-electron chi connectivity index (χ4n) is 1.64.